The summed E-state index contributed by atoms with van der Waals surface area (Å²) < 4.78 is 0. The molecule has 2 N–H and O–H groups in total. The number of guanidine groups is 1. The van der Waals surface area contributed by atoms with Crippen LogP contribution in [0, 0.1) is 0 Å². The molecule has 0 aromatic heterocycles. The number of nitrogens with zero attached hydrogens (tertiary/aromatic N) is 3. The van der Waals surface area contributed by atoms with Gasteiger partial charge in [-0.3, -0.25) is 14.9 Å². The Kier molecular flexibility index (Phi) is 4.65. The summed E-state index contributed by atoms with van der Waals surface area (Å²) >= 11 is 0. The average molecular weight is 287 g/mol. The lowest BCUT2D eigenvalue weighted by molar-refractivity contribution is -0.119. The third-order valence-electron chi connectivity index (χ3n) is 2.62. The molecule has 1 aliphatic rings. The molecule has 0 radical (unpaired) electrons. The number of hydrogen-bond acceptors (Lipinski definition) is 4. The van der Waals surface area contributed by atoms with Gasteiger partial charge in [-0.1, -0.05) is 18.2 Å². The fourth-order valence-corrected chi connectivity index (χ4v) is 1.75. The Morgan fingerprint density at radius 3 is 2.71 bits per heavy atom. The zero-order valence-corrected chi connectivity index (χ0v) is 12.0. The van der Waals surface area contributed by atoms with Crippen LogP contribution in [0.2, 0.25) is 0 Å². The molecule has 0 atom stereocenters. The number of anilines is 1. The van der Waals surface area contributed by atoms with Gasteiger partial charge in [0.25, 0.3) is 0 Å². The molecule has 0 saturated carbocycles. The number of nitrogens with one attached hydrogen (secondary N) is 2. The molecule has 1 aromatic rings. The molecule has 7 nitrogen and oxygen atoms in total. The second-order valence-corrected chi connectivity index (χ2v) is 4.79. The van der Waals surface area contributed by atoms with Crippen molar-refractivity contribution in [2.24, 2.45) is 10.2 Å². The third-order valence-corrected chi connectivity index (χ3v) is 2.62. The van der Waals surface area contributed by atoms with Crippen molar-refractivity contribution >= 4 is 29.2 Å². The van der Waals surface area contributed by atoms with E-state index in [1.165, 1.54) is 0 Å². The topological polar surface area (TPSA) is 86.2 Å². The summed E-state index contributed by atoms with van der Waals surface area (Å²) in [6.45, 7) is 3.73. The van der Waals surface area contributed by atoms with Crippen LogP contribution in [-0.2, 0) is 9.59 Å². The van der Waals surface area contributed by atoms with Gasteiger partial charge >= 0.3 is 0 Å². The van der Waals surface area contributed by atoms with Gasteiger partial charge in [0.05, 0.1) is 0 Å². The van der Waals surface area contributed by atoms with Crippen LogP contribution in [0.3, 0.4) is 0 Å². The van der Waals surface area contributed by atoms with Crippen molar-refractivity contribution < 1.29 is 9.59 Å². The summed E-state index contributed by atoms with van der Waals surface area (Å²) in [5, 5.41) is 13.2. The highest BCUT2D eigenvalue weighted by Crippen LogP contribution is 2.06. The number of amides is 2. The van der Waals surface area contributed by atoms with Gasteiger partial charge in [-0.15, -0.1) is 5.10 Å². The lowest BCUT2D eigenvalue weighted by Gasteiger charge is -2.15. The molecule has 1 fully saturated rings. The molecule has 7 heteroatoms. The second-order valence-electron chi connectivity index (χ2n) is 4.79. The summed E-state index contributed by atoms with van der Waals surface area (Å²) in [6.07, 6.45) is 0. The van der Waals surface area contributed by atoms with E-state index in [9.17, 15) is 9.59 Å². The lowest BCUT2D eigenvalue weighted by Crippen LogP contribution is -2.36. The third kappa shape index (κ3) is 4.41. The zero-order chi connectivity index (χ0) is 15.2. The van der Waals surface area contributed by atoms with Crippen LogP contribution < -0.4 is 10.6 Å². The van der Waals surface area contributed by atoms with Crippen LogP contribution >= 0.6 is 0 Å². The summed E-state index contributed by atoms with van der Waals surface area (Å²) in [5.74, 6) is -0.128. The predicted molar refractivity (Wildman–Crippen MR) is 81.0 cm³/mol. The van der Waals surface area contributed by atoms with Gasteiger partial charge in [-0.2, -0.15) is 5.10 Å². The van der Waals surface area contributed by atoms with E-state index in [4.69, 9.17) is 0 Å². The number of carbonyl (C=O) groups excluding carboxylic acids is 2. The first-order valence-electron chi connectivity index (χ1n) is 6.53. The van der Waals surface area contributed by atoms with Crippen molar-refractivity contribution in [3.05, 3.63) is 30.3 Å². The molecule has 0 bridgehead atoms. The second kappa shape index (κ2) is 6.65. The van der Waals surface area contributed by atoms with E-state index in [1.807, 2.05) is 18.2 Å². The molecule has 2 amide bonds. The molecule has 0 aliphatic carbocycles. The van der Waals surface area contributed by atoms with Crippen LogP contribution in [0.25, 0.3) is 0 Å². The van der Waals surface area contributed by atoms with Crippen molar-refractivity contribution in [3.8, 4) is 0 Å². The van der Waals surface area contributed by atoms with Gasteiger partial charge in [0.2, 0.25) is 17.8 Å². The van der Waals surface area contributed by atoms with E-state index >= 15 is 0 Å². The van der Waals surface area contributed by atoms with Crippen LogP contribution in [-0.4, -0.2) is 41.5 Å². The smallest absolute Gasteiger partial charge is 0.246 e. The summed E-state index contributed by atoms with van der Waals surface area (Å²) in [5.41, 5.74) is 1.47. The predicted octanol–water partition coefficient (Wildman–Crippen LogP) is 0.809. The minimum atomic E-state index is -0.220. The number of hydrogen-bond donors (Lipinski definition) is 2. The van der Waals surface area contributed by atoms with E-state index in [1.54, 1.807) is 30.9 Å². The Morgan fingerprint density at radius 2 is 2.05 bits per heavy atom. The molecular weight excluding hydrogens is 270 g/mol. The van der Waals surface area contributed by atoms with Crippen molar-refractivity contribution in [2.75, 3.05) is 18.4 Å². The zero-order valence-electron chi connectivity index (χ0n) is 12.0. The van der Waals surface area contributed by atoms with Gasteiger partial charge in [0.15, 0.2) is 0 Å². The molecule has 1 saturated heterocycles. The minimum absolute atomic E-state index is 0.0325. The van der Waals surface area contributed by atoms with E-state index in [-0.39, 0.29) is 24.9 Å². The molecule has 110 valence electrons. The van der Waals surface area contributed by atoms with Crippen LogP contribution in [0.1, 0.15) is 13.8 Å². The minimum Gasteiger partial charge on any atom is -0.325 e. The first kappa shape index (κ1) is 14.7. The Morgan fingerprint density at radius 1 is 1.33 bits per heavy atom. The Bertz CT molecular complexity index is 591. The fourth-order valence-electron chi connectivity index (χ4n) is 1.75. The lowest BCUT2D eigenvalue weighted by atomic mass is 10.3. The first-order chi connectivity index (χ1) is 10.0. The molecule has 21 heavy (non-hydrogen) atoms. The van der Waals surface area contributed by atoms with E-state index in [2.05, 4.69) is 20.8 Å². The van der Waals surface area contributed by atoms with Crippen molar-refractivity contribution in [2.45, 2.75) is 13.8 Å². The maximum Gasteiger partial charge on any atom is 0.246 e. The highest BCUT2D eigenvalue weighted by molar-refractivity contribution is 6.06. The standard InChI is InChI=1S/C14H17N5O2/c1-10(2)17-18-14-16-13(21)9-19(14)8-12(20)15-11-6-4-3-5-7-11/h3-7H,8-9H2,1-2H3,(H,15,20)(H,16,18,21). The SMILES string of the molecule is CC(C)=N/N=C1\NC(=O)CN1CC(=O)Nc1ccccc1. The molecule has 1 heterocycles. The quantitative estimate of drug-likeness (QED) is 0.634. The first-order valence-corrected chi connectivity index (χ1v) is 6.53. The van der Waals surface area contributed by atoms with Gasteiger partial charge < -0.3 is 10.2 Å². The number of para-hydroxylation sites is 1. The van der Waals surface area contributed by atoms with E-state index < -0.39 is 0 Å². The van der Waals surface area contributed by atoms with Crippen molar-refractivity contribution in [3.63, 3.8) is 0 Å². The Labute approximate surface area is 122 Å². The summed E-state index contributed by atoms with van der Waals surface area (Å²) in [6, 6.07) is 9.13. The van der Waals surface area contributed by atoms with Crippen LogP contribution in [0.5, 0.6) is 0 Å². The van der Waals surface area contributed by atoms with Crippen LogP contribution in [0.4, 0.5) is 5.69 Å². The Balaban J connectivity index is 2.00. The summed E-state index contributed by atoms with van der Waals surface area (Å²) in [4.78, 5) is 25.0. The molecular formula is C14H17N5O2. The molecule has 0 unspecified atom stereocenters. The maximum atomic E-state index is 12.0. The van der Waals surface area contributed by atoms with Gasteiger partial charge in [-0.25, -0.2) is 0 Å². The normalized spacial score (nSPS) is 15.8. The maximum absolute atomic E-state index is 12.0. The largest absolute Gasteiger partial charge is 0.325 e. The number of carbonyl (C=O) groups is 2. The molecule has 1 aliphatic heterocycles. The van der Waals surface area contributed by atoms with Crippen molar-refractivity contribution in [1.82, 2.24) is 10.2 Å². The van der Waals surface area contributed by atoms with Crippen LogP contribution in [0.15, 0.2) is 40.5 Å². The molecule has 0 spiro atoms. The Hall–Kier alpha value is -2.70. The monoisotopic (exact) mass is 287 g/mol. The highest BCUT2D eigenvalue weighted by atomic mass is 16.2. The molecule has 1 aromatic carbocycles. The van der Waals surface area contributed by atoms with Crippen molar-refractivity contribution in [1.29, 1.82) is 0 Å². The van der Waals surface area contributed by atoms with E-state index in [0.717, 1.165) is 5.71 Å². The molecule has 2 rings (SSSR count). The number of rotatable bonds is 4. The summed E-state index contributed by atoms with van der Waals surface area (Å²) in [7, 11) is 0. The average Bonchev–Trinajstić information content (AvgIpc) is 2.77. The highest BCUT2D eigenvalue weighted by Gasteiger charge is 2.26. The van der Waals surface area contributed by atoms with Gasteiger partial charge in [0.1, 0.15) is 13.1 Å². The number of benzene rings is 1. The van der Waals surface area contributed by atoms with Gasteiger partial charge in [-0.05, 0) is 26.0 Å². The fraction of sp³-hybridized carbons (Fsp3) is 0.286. The van der Waals surface area contributed by atoms with Gasteiger partial charge in [0, 0.05) is 11.4 Å². The van der Waals surface area contributed by atoms with E-state index in [0.29, 0.717) is 11.6 Å².